The lowest BCUT2D eigenvalue weighted by atomic mass is 9.97. The van der Waals surface area contributed by atoms with E-state index in [1.807, 2.05) is 13.8 Å². The molecule has 9 heteroatoms. The van der Waals surface area contributed by atoms with Crippen LogP contribution in [0.3, 0.4) is 0 Å². The molecular formula is C15H20F3N3O3. The number of likely N-dealkylation sites (tertiary alicyclic amines) is 1. The predicted molar refractivity (Wildman–Crippen MR) is 78.3 cm³/mol. The number of alkyl halides is 3. The molecule has 1 aromatic rings. The van der Waals surface area contributed by atoms with E-state index in [2.05, 4.69) is 10.5 Å². The van der Waals surface area contributed by atoms with E-state index in [0.29, 0.717) is 5.76 Å². The SMILES string of the molecule is CC(=O)N[C@@H]1CC[C@@H](C(F)(F)F)N(C(=O)c2cc(C(C)C)on2)C1. The third-order valence-corrected chi connectivity index (χ3v) is 3.94. The summed E-state index contributed by atoms with van der Waals surface area (Å²) in [6.07, 6.45) is -4.65. The van der Waals surface area contributed by atoms with E-state index in [1.165, 1.54) is 13.0 Å². The largest absolute Gasteiger partial charge is 0.408 e. The predicted octanol–water partition coefficient (Wildman–Crippen LogP) is 2.47. The average Bonchev–Trinajstić information content (AvgIpc) is 2.94. The summed E-state index contributed by atoms with van der Waals surface area (Å²) in [7, 11) is 0. The zero-order valence-electron chi connectivity index (χ0n) is 13.7. The van der Waals surface area contributed by atoms with E-state index < -0.39 is 24.2 Å². The maximum absolute atomic E-state index is 13.3. The highest BCUT2D eigenvalue weighted by Crippen LogP contribution is 2.33. The van der Waals surface area contributed by atoms with Gasteiger partial charge in [0.05, 0.1) is 0 Å². The van der Waals surface area contributed by atoms with Gasteiger partial charge >= 0.3 is 6.18 Å². The van der Waals surface area contributed by atoms with Gasteiger partial charge in [-0.2, -0.15) is 13.2 Å². The van der Waals surface area contributed by atoms with Crippen LogP contribution in [0, 0.1) is 0 Å². The Kier molecular flexibility index (Phi) is 5.19. The second-order valence-electron chi connectivity index (χ2n) is 6.26. The molecule has 1 aromatic heterocycles. The van der Waals surface area contributed by atoms with Crippen molar-refractivity contribution in [3.05, 3.63) is 17.5 Å². The fourth-order valence-corrected chi connectivity index (χ4v) is 2.75. The minimum absolute atomic E-state index is 0.0362. The molecule has 2 atom stereocenters. The fraction of sp³-hybridized carbons (Fsp3) is 0.667. The van der Waals surface area contributed by atoms with Gasteiger partial charge in [-0.1, -0.05) is 19.0 Å². The van der Waals surface area contributed by atoms with Crippen LogP contribution in [0.15, 0.2) is 10.6 Å². The maximum Gasteiger partial charge on any atom is 0.408 e. The molecule has 0 saturated carbocycles. The van der Waals surface area contributed by atoms with Crippen molar-refractivity contribution in [2.24, 2.45) is 0 Å². The molecule has 6 nitrogen and oxygen atoms in total. The van der Waals surface area contributed by atoms with Crippen LogP contribution < -0.4 is 5.32 Å². The highest BCUT2D eigenvalue weighted by atomic mass is 19.4. The summed E-state index contributed by atoms with van der Waals surface area (Å²) in [5, 5.41) is 6.16. The Morgan fingerprint density at radius 3 is 2.54 bits per heavy atom. The molecule has 24 heavy (non-hydrogen) atoms. The van der Waals surface area contributed by atoms with Crippen molar-refractivity contribution in [1.29, 1.82) is 0 Å². The van der Waals surface area contributed by atoms with Gasteiger partial charge in [0.2, 0.25) is 5.91 Å². The molecule has 1 fully saturated rings. The van der Waals surface area contributed by atoms with Crippen LogP contribution in [-0.4, -0.2) is 46.7 Å². The lowest BCUT2D eigenvalue weighted by Gasteiger charge is -2.40. The quantitative estimate of drug-likeness (QED) is 0.911. The van der Waals surface area contributed by atoms with Crippen LogP contribution in [0.5, 0.6) is 0 Å². The average molecular weight is 347 g/mol. The zero-order chi connectivity index (χ0) is 18.1. The van der Waals surface area contributed by atoms with E-state index in [1.54, 1.807) is 0 Å². The number of rotatable bonds is 3. The number of carbonyl (C=O) groups is 2. The van der Waals surface area contributed by atoms with Gasteiger partial charge in [-0.25, -0.2) is 0 Å². The summed E-state index contributed by atoms with van der Waals surface area (Å²) in [4.78, 5) is 24.4. The number of halogens is 3. The Morgan fingerprint density at radius 2 is 2.04 bits per heavy atom. The van der Waals surface area contributed by atoms with Gasteiger partial charge in [-0.3, -0.25) is 9.59 Å². The number of nitrogens with one attached hydrogen (secondary N) is 1. The molecule has 0 spiro atoms. The van der Waals surface area contributed by atoms with Gasteiger partial charge in [0.15, 0.2) is 5.69 Å². The molecule has 2 amide bonds. The Morgan fingerprint density at radius 1 is 1.38 bits per heavy atom. The molecule has 0 radical (unpaired) electrons. The Hall–Kier alpha value is -2.06. The second-order valence-corrected chi connectivity index (χ2v) is 6.26. The van der Waals surface area contributed by atoms with E-state index >= 15 is 0 Å². The number of nitrogens with zero attached hydrogens (tertiary/aromatic N) is 2. The van der Waals surface area contributed by atoms with Crippen molar-refractivity contribution in [3.8, 4) is 0 Å². The third kappa shape index (κ3) is 4.07. The van der Waals surface area contributed by atoms with Crippen LogP contribution in [-0.2, 0) is 4.79 Å². The Bertz CT molecular complexity index is 613. The van der Waals surface area contributed by atoms with E-state index in [0.717, 1.165) is 4.90 Å². The van der Waals surface area contributed by atoms with Gasteiger partial charge in [-0.15, -0.1) is 0 Å². The van der Waals surface area contributed by atoms with Crippen LogP contribution in [0.25, 0.3) is 0 Å². The van der Waals surface area contributed by atoms with Crippen molar-refractivity contribution < 1.29 is 27.3 Å². The molecule has 1 aliphatic heterocycles. The summed E-state index contributed by atoms with van der Waals surface area (Å²) < 4.78 is 44.8. The van der Waals surface area contributed by atoms with Crippen molar-refractivity contribution in [2.75, 3.05) is 6.54 Å². The first-order valence-electron chi connectivity index (χ1n) is 7.71. The van der Waals surface area contributed by atoms with Gasteiger partial charge in [0.25, 0.3) is 5.91 Å². The van der Waals surface area contributed by atoms with Crippen LogP contribution in [0.4, 0.5) is 13.2 Å². The molecule has 134 valence electrons. The third-order valence-electron chi connectivity index (χ3n) is 3.94. The van der Waals surface area contributed by atoms with Gasteiger partial charge in [0.1, 0.15) is 11.8 Å². The number of amides is 2. The normalized spacial score (nSPS) is 21.9. The van der Waals surface area contributed by atoms with Crippen molar-refractivity contribution in [1.82, 2.24) is 15.4 Å². The van der Waals surface area contributed by atoms with Gasteiger partial charge in [0, 0.05) is 31.5 Å². The van der Waals surface area contributed by atoms with E-state index in [9.17, 15) is 22.8 Å². The number of carbonyl (C=O) groups excluding carboxylic acids is 2. The first-order chi connectivity index (χ1) is 11.1. The van der Waals surface area contributed by atoms with Crippen LogP contribution >= 0.6 is 0 Å². The smallest absolute Gasteiger partial charge is 0.360 e. The van der Waals surface area contributed by atoms with Crippen LogP contribution in [0.2, 0.25) is 0 Å². The molecule has 0 bridgehead atoms. The molecule has 2 heterocycles. The minimum atomic E-state index is -4.54. The molecule has 2 rings (SSSR count). The molecular weight excluding hydrogens is 327 g/mol. The molecule has 0 aromatic carbocycles. The Labute approximate surface area is 137 Å². The summed E-state index contributed by atoms with van der Waals surface area (Å²) in [5.41, 5.74) is -0.156. The molecule has 1 N–H and O–H groups in total. The first-order valence-corrected chi connectivity index (χ1v) is 7.71. The van der Waals surface area contributed by atoms with Gasteiger partial charge < -0.3 is 14.7 Å². The zero-order valence-corrected chi connectivity index (χ0v) is 13.7. The summed E-state index contributed by atoms with van der Waals surface area (Å²) in [6, 6.07) is -1.04. The molecule has 0 unspecified atom stereocenters. The fourth-order valence-electron chi connectivity index (χ4n) is 2.75. The van der Waals surface area contributed by atoms with Crippen molar-refractivity contribution in [3.63, 3.8) is 0 Å². The first kappa shape index (κ1) is 18.3. The van der Waals surface area contributed by atoms with Crippen molar-refractivity contribution in [2.45, 2.75) is 57.8 Å². The number of hydrogen-bond acceptors (Lipinski definition) is 4. The van der Waals surface area contributed by atoms with Gasteiger partial charge in [-0.05, 0) is 12.8 Å². The Balaban J connectivity index is 2.24. The second kappa shape index (κ2) is 6.82. The topological polar surface area (TPSA) is 75.4 Å². The minimum Gasteiger partial charge on any atom is -0.360 e. The standard InChI is InChI=1S/C15H20F3N3O3/c1-8(2)12-6-11(20-24-12)14(23)21-7-10(19-9(3)22)4-5-13(21)15(16,17)18/h6,8,10,13H,4-5,7H2,1-3H3,(H,19,22)/t10-,13+/m1/s1. The number of aromatic nitrogens is 1. The van der Waals surface area contributed by atoms with E-state index in [-0.39, 0.29) is 36.9 Å². The summed E-state index contributed by atoms with van der Waals surface area (Å²) >= 11 is 0. The summed E-state index contributed by atoms with van der Waals surface area (Å²) in [5.74, 6) is -0.798. The molecule has 1 saturated heterocycles. The molecule has 0 aliphatic carbocycles. The molecule has 1 aliphatic rings. The number of hydrogen-bond donors (Lipinski definition) is 1. The number of piperidine rings is 1. The lowest BCUT2D eigenvalue weighted by Crippen LogP contribution is -2.58. The highest BCUT2D eigenvalue weighted by Gasteiger charge is 2.48. The summed E-state index contributed by atoms with van der Waals surface area (Å²) in [6.45, 7) is 4.71. The van der Waals surface area contributed by atoms with Crippen molar-refractivity contribution >= 4 is 11.8 Å². The monoisotopic (exact) mass is 347 g/mol. The highest BCUT2D eigenvalue weighted by molar-refractivity contribution is 5.92. The lowest BCUT2D eigenvalue weighted by molar-refractivity contribution is -0.184. The maximum atomic E-state index is 13.3. The van der Waals surface area contributed by atoms with Crippen LogP contribution in [0.1, 0.15) is 55.8 Å². The van der Waals surface area contributed by atoms with E-state index in [4.69, 9.17) is 4.52 Å².